The minimum Gasteiger partial charge on any atom is -0.481 e. The van der Waals surface area contributed by atoms with Crippen molar-refractivity contribution in [1.29, 1.82) is 0 Å². The van der Waals surface area contributed by atoms with Crippen LogP contribution < -0.4 is 5.32 Å². The zero-order chi connectivity index (χ0) is 13.8. The Morgan fingerprint density at radius 2 is 2.26 bits per heavy atom. The van der Waals surface area contributed by atoms with Crippen LogP contribution in [0.1, 0.15) is 24.5 Å². The molecule has 4 nitrogen and oxygen atoms in total. The first-order chi connectivity index (χ1) is 9.04. The lowest BCUT2D eigenvalue weighted by molar-refractivity contribution is -0.137. The molecule has 1 aliphatic rings. The number of carboxylic acid groups (broad SMARTS) is 1. The van der Waals surface area contributed by atoms with Crippen molar-refractivity contribution in [2.45, 2.75) is 32.2 Å². The molecule has 0 amide bonds. The SMILES string of the molecule is CC1Cc2cc(CCN(C)CCC(=O)O)ccc2N1. The average Bonchev–Trinajstić information content (AvgIpc) is 2.73. The Balaban J connectivity index is 1.84. The molecule has 1 heterocycles. The number of rotatable bonds is 6. The summed E-state index contributed by atoms with van der Waals surface area (Å²) in [6, 6.07) is 7.13. The summed E-state index contributed by atoms with van der Waals surface area (Å²) in [5, 5.41) is 12.1. The third-order valence-corrected chi connectivity index (χ3v) is 3.59. The standard InChI is InChI=1S/C15H22N2O2/c1-11-9-13-10-12(3-4-14(13)16-11)5-7-17(2)8-6-15(18)19/h3-4,10-11,16H,5-9H2,1-2H3,(H,18,19). The highest BCUT2D eigenvalue weighted by molar-refractivity contribution is 5.66. The lowest BCUT2D eigenvalue weighted by atomic mass is 10.0. The van der Waals surface area contributed by atoms with E-state index in [1.807, 2.05) is 7.05 Å². The van der Waals surface area contributed by atoms with Crippen LogP contribution >= 0.6 is 0 Å². The first-order valence-corrected chi connectivity index (χ1v) is 6.83. The lowest BCUT2D eigenvalue weighted by Gasteiger charge is -2.15. The van der Waals surface area contributed by atoms with Crippen molar-refractivity contribution in [2.75, 3.05) is 25.5 Å². The van der Waals surface area contributed by atoms with E-state index >= 15 is 0 Å². The zero-order valence-corrected chi connectivity index (χ0v) is 11.6. The number of carboxylic acids is 1. The zero-order valence-electron chi connectivity index (χ0n) is 11.6. The smallest absolute Gasteiger partial charge is 0.304 e. The number of aliphatic carboxylic acids is 1. The summed E-state index contributed by atoms with van der Waals surface area (Å²) in [5.74, 6) is -0.732. The van der Waals surface area contributed by atoms with Crippen molar-refractivity contribution in [3.05, 3.63) is 29.3 Å². The molecule has 0 aliphatic carbocycles. The van der Waals surface area contributed by atoms with Gasteiger partial charge in [-0.3, -0.25) is 4.79 Å². The third kappa shape index (κ3) is 3.96. The normalized spacial score (nSPS) is 17.3. The number of nitrogens with one attached hydrogen (secondary N) is 1. The molecule has 1 unspecified atom stereocenters. The number of anilines is 1. The number of benzene rings is 1. The van der Waals surface area contributed by atoms with Crippen LogP contribution in [0.5, 0.6) is 0 Å². The lowest BCUT2D eigenvalue weighted by Crippen LogP contribution is -2.24. The number of likely N-dealkylation sites (N-methyl/N-ethyl adjacent to an activating group) is 1. The van der Waals surface area contributed by atoms with Crippen LogP contribution in [0.2, 0.25) is 0 Å². The van der Waals surface area contributed by atoms with Gasteiger partial charge in [-0.15, -0.1) is 0 Å². The molecule has 104 valence electrons. The Kier molecular flexibility index (Phi) is 4.43. The highest BCUT2D eigenvalue weighted by atomic mass is 16.4. The van der Waals surface area contributed by atoms with Gasteiger partial charge in [-0.1, -0.05) is 12.1 Å². The summed E-state index contributed by atoms with van der Waals surface area (Å²) in [6.07, 6.45) is 2.28. The molecule has 1 aromatic rings. The highest BCUT2D eigenvalue weighted by Crippen LogP contribution is 2.26. The first-order valence-electron chi connectivity index (χ1n) is 6.83. The number of carbonyl (C=O) groups is 1. The molecule has 0 saturated carbocycles. The van der Waals surface area contributed by atoms with E-state index in [-0.39, 0.29) is 6.42 Å². The molecule has 0 fully saturated rings. The van der Waals surface area contributed by atoms with E-state index in [1.54, 1.807) is 0 Å². The van der Waals surface area contributed by atoms with Crippen molar-refractivity contribution in [3.63, 3.8) is 0 Å². The molecule has 0 bridgehead atoms. The second-order valence-electron chi connectivity index (χ2n) is 5.44. The van der Waals surface area contributed by atoms with Crippen molar-refractivity contribution >= 4 is 11.7 Å². The fraction of sp³-hybridized carbons (Fsp3) is 0.533. The third-order valence-electron chi connectivity index (χ3n) is 3.59. The van der Waals surface area contributed by atoms with E-state index in [2.05, 4.69) is 35.3 Å². The summed E-state index contributed by atoms with van der Waals surface area (Å²) in [7, 11) is 1.97. The Labute approximate surface area is 114 Å². The van der Waals surface area contributed by atoms with Gasteiger partial charge in [0, 0.05) is 24.8 Å². The van der Waals surface area contributed by atoms with Gasteiger partial charge in [0.1, 0.15) is 0 Å². The minimum atomic E-state index is -0.732. The average molecular weight is 262 g/mol. The summed E-state index contributed by atoms with van der Waals surface area (Å²) >= 11 is 0. The molecule has 2 rings (SSSR count). The van der Waals surface area contributed by atoms with Crippen molar-refractivity contribution in [2.24, 2.45) is 0 Å². The molecule has 4 heteroatoms. The molecule has 19 heavy (non-hydrogen) atoms. The Bertz CT molecular complexity index is 459. The molecule has 0 saturated heterocycles. The van der Waals surface area contributed by atoms with Crippen LogP contribution in [-0.2, 0) is 17.6 Å². The van der Waals surface area contributed by atoms with E-state index in [4.69, 9.17) is 5.11 Å². The topological polar surface area (TPSA) is 52.6 Å². The summed E-state index contributed by atoms with van der Waals surface area (Å²) < 4.78 is 0. The van der Waals surface area contributed by atoms with E-state index in [1.165, 1.54) is 16.8 Å². The monoisotopic (exact) mass is 262 g/mol. The van der Waals surface area contributed by atoms with E-state index in [9.17, 15) is 4.79 Å². The van der Waals surface area contributed by atoms with Gasteiger partial charge in [0.25, 0.3) is 0 Å². The van der Waals surface area contributed by atoms with Crippen molar-refractivity contribution in [3.8, 4) is 0 Å². The molecule has 0 radical (unpaired) electrons. The number of nitrogens with zero attached hydrogens (tertiary/aromatic N) is 1. The molecular formula is C15H22N2O2. The molecule has 0 aromatic heterocycles. The van der Waals surface area contributed by atoms with Crippen LogP contribution in [0.15, 0.2) is 18.2 Å². The van der Waals surface area contributed by atoms with Crippen LogP contribution in [0.3, 0.4) is 0 Å². The summed E-state index contributed by atoms with van der Waals surface area (Å²) in [6.45, 7) is 3.70. The van der Waals surface area contributed by atoms with Gasteiger partial charge in [-0.25, -0.2) is 0 Å². The fourth-order valence-electron chi connectivity index (χ4n) is 2.48. The predicted octanol–water partition coefficient (Wildman–Crippen LogP) is 1.99. The Morgan fingerprint density at radius 1 is 1.47 bits per heavy atom. The van der Waals surface area contributed by atoms with Gasteiger partial charge < -0.3 is 15.3 Å². The summed E-state index contributed by atoms with van der Waals surface area (Å²) in [4.78, 5) is 12.6. The number of hydrogen-bond acceptors (Lipinski definition) is 3. The second-order valence-corrected chi connectivity index (χ2v) is 5.44. The molecule has 1 aromatic carbocycles. The largest absolute Gasteiger partial charge is 0.481 e. The van der Waals surface area contributed by atoms with Gasteiger partial charge >= 0.3 is 5.97 Å². The Hall–Kier alpha value is -1.55. The number of hydrogen-bond donors (Lipinski definition) is 2. The highest BCUT2D eigenvalue weighted by Gasteiger charge is 2.16. The Morgan fingerprint density at radius 3 is 3.00 bits per heavy atom. The van der Waals surface area contributed by atoms with E-state index in [0.29, 0.717) is 12.6 Å². The molecule has 1 aliphatic heterocycles. The predicted molar refractivity (Wildman–Crippen MR) is 76.7 cm³/mol. The first kappa shape index (κ1) is 13.9. The van der Waals surface area contributed by atoms with Crippen molar-refractivity contribution < 1.29 is 9.90 Å². The molecule has 1 atom stereocenters. The minimum absolute atomic E-state index is 0.210. The van der Waals surface area contributed by atoms with Gasteiger partial charge in [0.05, 0.1) is 6.42 Å². The van der Waals surface area contributed by atoms with Gasteiger partial charge in [-0.05, 0) is 44.0 Å². The quantitative estimate of drug-likeness (QED) is 0.823. The maximum Gasteiger partial charge on any atom is 0.304 e. The summed E-state index contributed by atoms with van der Waals surface area (Å²) in [5.41, 5.74) is 3.99. The van der Waals surface area contributed by atoms with E-state index < -0.39 is 5.97 Å². The van der Waals surface area contributed by atoms with Crippen LogP contribution in [-0.4, -0.2) is 42.2 Å². The fourth-order valence-corrected chi connectivity index (χ4v) is 2.48. The van der Waals surface area contributed by atoms with Gasteiger partial charge in [-0.2, -0.15) is 0 Å². The molecule has 0 spiro atoms. The van der Waals surface area contributed by atoms with Crippen molar-refractivity contribution in [1.82, 2.24) is 4.90 Å². The van der Waals surface area contributed by atoms with Crippen LogP contribution in [0.25, 0.3) is 0 Å². The molecule has 2 N–H and O–H groups in total. The maximum absolute atomic E-state index is 10.5. The van der Waals surface area contributed by atoms with Crippen LogP contribution in [0.4, 0.5) is 5.69 Å². The molecular weight excluding hydrogens is 240 g/mol. The number of fused-ring (bicyclic) bond motifs is 1. The second kappa shape index (κ2) is 6.06. The van der Waals surface area contributed by atoms with Gasteiger partial charge in [0.2, 0.25) is 0 Å². The van der Waals surface area contributed by atoms with Gasteiger partial charge in [0.15, 0.2) is 0 Å². The maximum atomic E-state index is 10.5. The van der Waals surface area contributed by atoms with Crippen LogP contribution in [0, 0.1) is 0 Å². The van der Waals surface area contributed by atoms with E-state index in [0.717, 1.165) is 19.4 Å².